The van der Waals surface area contributed by atoms with Crippen LogP contribution in [-0.2, 0) is 43.4 Å². The summed E-state index contributed by atoms with van der Waals surface area (Å²) in [6.07, 6.45) is 4.17. The average Bonchev–Trinajstić information content (AvgIpc) is 3.87. The average molecular weight is 932 g/mol. The van der Waals surface area contributed by atoms with Gasteiger partial charge in [-0.2, -0.15) is 0 Å². The van der Waals surface area contributed by atoms with Crippen LogP contribution in [0.3, 0.4) is 0 Å². The van der Waals surface area contributed by atoms with Gasteiger partial charge in [-0.3, -0.25) is 19.2 Å². The van der Waals surface area contributed by atoms with E-state index < -0.39 is 42.1 Å². The molecule has 17 nitrogen and oxygen atoms in total. The zero-order chi connectivity index (χ0) is 48.6. The number of aromatic amines is 1. The fourth-order valence-electron chi connectivity index (χ4n) is 8.10. The molecule has 5 N–H and O–H groups in total. The largest absolute Gasteiger partial charge is 0.493 e. The number of aliphatic hydroxyl groups is 1. The number of methoxy groups -OCH3 is 3. The first-order valence-corrected chi connectivity index (χ1v) is 22.6. The number of piperazine rings is 1. The highest BCUT2D eigenvalue weighted by molar-refractivity contribution is 5.94. The lowest BCUT2D eigenvalue weighted by atomic mass is 9.96. The number of H-pyrrole nitrogens is 1. The van der Waals surface area contributed by atoms with Crippen molar-refractivity contribution >= 4 is 46.6 Å². The Morgan fingerprint density at radius 3 is 2.09 bits per heavy atom. The Bertz CT molecular complexity index is 2480. The standard InChI is InChI=1S/C51H61N7O10/c1-33(2)24-40(43(59)29-47(61)58-22-20-57(21-23-58)46(60)19-18-35-25-44(65-3)48(67-5)45(26-35)66-4)54-50(63)42(28-38-30-52-32-53-38)55-49(62)41(56-51(64)68-31-34-12-7-6-8-13-34)27-37-16-11-15-36-14-9-10-17-39(36)37/h6-19,25-26,30,32-33,40-43,59H,20-24,27-29,31H2,1-5H3,(H,52,53)(H,54,63)(H,55,62)(H,56,64)/t40-,41-,42-,43-/m0/s1. The monoisotopic (exact) mass is 931 g/mol. The van der Waals surface area contributed by atoms with E-state index >= 15 is 0 Å². The Kier molecular flexibility index (Phi) is 17.9. The van der Waals surface area contributed by atoms with Gasteiger partial charge in [-0.15, -0.1) is 0 Å². The Morgan fingerprint density at radius 1 is 0.779 bits per heavy atom. The summed E-state index contributed by atoms with van der Waals surface area (Å²) in [5, 5.41) is 22.0. The number of ether oxygens (including phenoxy) is 4. The molecule has 6 rings (SSSR count). The van der Waals surface area contributed by atoms with Gasteiger partial charge in [-0.05, 0) is 58.0 Å². The minimum absolute atomic E-state index is 0.00306. The number of fused-ring (bicyclic) bond motifs is 1. The first-order valence-electron chi connectivity index (χ1n) is 22.6. The van der Waals surface area contributed by atoms with Crippen LogP contribution in [-0.4, -0.2) is 126 Å². The molecule has 0 radical (unpaired) electrons. The number of aromatic nitrogens is 2. The molecule has 2 heterocycles. The molecule has 1 aliphatic rings. The van der Waals surface area contributed by atoms with Crippen LogP contribution in [0.5, 0.6) is 17.2 Å². The predicted molar refractivity (Wildman–Crippen MR) is 256 cm³/mol. The number of imidazole rings is 1. The molecule has 0 bridgehead atoms. The fraction of sp³-hybridized carbons (Fsp3) is 0.373. The van der Waals surface area contributed by atoms with Gasteiger partial charge >= 0.3 is 6.09 Å². The third-order valence-corrected chi connectivity index (χ3v) is 11.7. The summed E-state index contributed by atoms with van der Waals surface area (Å²) < 4.78 is 21.7. The summed E-state index contributed by atoms with van der Waals surface area (Å²) in [7, 11) is 4.54. The van der Waals surface area contributed by atoms with E-state index in [1.807, 2.05) is 86.6 Å². The van der Waals surface area contributed by atoms with Crippen LogP contribution in [0.1, 0.15) is 49.1 Å². The fourth-order valence-corrected chi connectivity index (χ4v) is 8.10. The van der Waals surface area contributed by atoms with E-state index in [4.69, 9.17) is 18.9 Å². The van der Waals surface area contributed by atoms with Gasteiger partial charge in [-0.1, -0.05) is 86.6 Å². The van der Waals surface area contributed by atoms with Crippen LogP contribution in [0.2, 0.25) is 0 Å². The maximum absolute atomic E-state index is 14.4. The van der Waals surface area contributed by atoms with E-state index in [1.165, 1.54) is 33.7 Å². The summed E-state index contributed by atoms with van der Waals surface area (Å²) in [6, 6.07) is 22.8. The van der Waals surface area contributed by atoms with Gasteiger partial charge in [0, 0.05) is 51.3 Å². The summed E-state index contributed by atoms with van der Waals surface area (Å²) >= 11 is 0. The van der Waals surface area contributed by atoms with Crippen molar-refractivity contribution in [1.29, 1.82) is 0 Å². The minimum atomic E-state index is -1.28. The first-order chi connectivity index (χ1) is 32.8. The van der Waals surface area contributed by atoms with Crippen LogP contribution in [0.15, 0.2) is 104 Å². The highest BCUT2D eigenvalue weighted by Gasteiger charge is 2.33. The van der Waals surface area contributed by atoms with E-state index in [1.54, 1.807) is 34.2 Å². The molecule has 5 amide bonds. The highest BCUT2D eigenvalue weighted by atomic mass is 16.5. The van der Waals surface area contributed by atoms with Crippen molar-refractivity contribution in [2.24, 2.45) is 5.92 Å². The SMILES string of the molecule is COc1cc(C=CC(=O)N2CCN(C(=O)C[C@H](O)[C@H](CC(C)C)NC(=O)[C@H](Cc3c[nH]cn3)NC(=O)[C@H](Cc3cccc4ccccc34)NC(=O)OCc3ccccc3)CC2)cc(OC)c1OC. The van der Waals surface area contributed by atoms with E-state index in [2.05, 4.69) is 25.9 Å². The Hall–Kier alpha value is -7.40. The lowest BCUT2D eigenvalue weighted by Crippen LogP contribution is -2.58. The van der Waals surface area contributed by atoms with Gasteiger partial charge in [-0.25, -0.2) is 9.78 Å². The van der Waals surface area contributed by atoms with Gasteiger partial charge in [0.1, 0.15) is 18.7 Å². The second-order valence-corrected chi connectivity index (χ2v) is 16.9. The lowest BCUT2D eigenvalue weighted by molar-refractivity contribution is -0.139. The number of nitrogens with one attached hydrogen (secondary N) is 4. The molecule has 4 aromatic carbocycles. The number of hydrogen-bond acceptors (Lipinski definition) is 11. The van der Waals surface area contributed by atoms with E-state index in [-0.39, 0.29) is 69.8 Å². The number of rotatable bonds is 21. The van der Waals surface area contributed by atoms with Crippen molar-refractivity contribution in [2.75, 3.05) is 47.5 Å². The Labute approximate surface area is 396 Å². The number of hydrogen-bond donors (Lipinski definition) is 5. The van der Waals surface area contributed by atoms with E-state index in [9.17, 15) is 29.1 Å². The quantitative estimate of drug-likeness (QED) is 0.0630. The zero-order valence-corrected chi connectivity index (χ0v) is 39.1. The maximum Gasteiger partial charge on any atom is 0.408 e. The van der Waals surface area contributed by atoms with Crippen LogP contribution in [0.25, 0.3) is 16.8 Å². The zero-order valence-electron chi connectivity index (χ0n) is 39.1. The van der Waals surface area contributed by atoms with Gasteiger partial charge in [0.2, 0.25) is 29.4 Å². The summed E-state index contributed by atoms with van der Waals surface area (Å²) in [5.74, 6) is -0.472. The van der Waals surface area contributed by atoms with Crippen LogP contribution in [0, 0.1) is 5.92 Å². The number of benzene rings is 4. The Morgan fingerprint density at radius 2 is 1.43 bits per heavy atom. The molecule has 4 atom stereocenters. The van der Waals surface area contributed by atoms with Gasteiger partial charge in [0.25, 0.3) is 0 Å². The van der Waals surface area contributed by atoms with Crippen LogP contribution in [0.4, 0.5) is 4.79 Å². The second kappa shape index (κ2) is 24.4. The number of carbonyl (C=O) groups excluding carboxylic acids is 5. The second-order valence-electron chi connectivity index (χ2n) is 16.9. The topological polar surface area (TPSA) is 214 Å². The molecule has 1 saturated heterocycles. The normalized spacial score (nSPS) is 14.5. The van der Waals surface area contributed by atoms with Gasteiger partial charge in [0.15, 0.2) is 11.5 Å². The molecule has 360 valence electrons. The van der Waals surface area contributed by atoms with Crippen molar-refractivity contribution in [2.45, 2.75) is 70.4 Å². The Balaban J connectivity index is 1.11. The van der Waals surface area contributed by atoms with Crippen molar-refractivity contribution in [3.63, 3.8) is 0 Å². The molecule has 1 fully saturated rings. The summed E-state index contributed by atoms with van der Waals surface area (Å²) in [4.78, 5) is 79.2. The molecule has 5 aromatic rings. The number of amides is 5. The van der Waals surface area contributed by atoms with Crippen molar-refractivity contribution < 1.29 is 48.0 Å². The lowest BCUT2D eigenvalue weighted by Gasteiger charge is -2.35. The third-order valence-electron chi connectivity index (χ3n) is 11.7. The van der Waals surface area contributed by atoms with Crippen LogP contribution >= 0.6 is 0 Å². The smallest absolute Gasteiger partial charge is 0.408 e. The summed E-state index contributed by atoms with van der Waals surface area (Å²) in [6.45, 7) is 4.91. The molecule has 1 aliphatic heterocycles. The minimum Gasteiger partial charge on any atom is -0.493 e. The first kappa shape index (κ1) is 50.0. The molecule has 0 aliphatic carbocycles. The van der Waals surface area contributed by atoms with E-state index in [0.717, 1.165) is 21.9 Å². The van der Waals surface area contributed by atoms with Crippen LogP contribution < -0.4 is 30.2 Å². The number of aliphatic hydroxyl groups excluding tert-OH is 1. The van der Waals surface area contributed by atoms with Crippen molar-refractivity contribution in [1.82, 2.24) is 35.7 Å². The summed E-state index contributed by atoms with van der Waals surface area (Å²) in [5.41, 5.74) is 2.71. The maximum atomic E-state index is 14.4. The molecule has 0 unspecified atom stereocenters. The van der Waals surface area contributed by atoms with Crippen molar-refractivity contribution in [3.8, 4) is 17.2 Å². The molecular weight excluding hydrogens is 871 g/mol. The molecule has 68 heavy (non-hydrogen) atoms. The predicted octanol–water partition coefficient (Wildman–Crippen LogP) is 4.82. The van der Waals surface area contributed by atoms with Crippen molar-refractivity contribution in [3.05, 3.63) is 126 Å². The molecule has 1 aromatic heterocycles. The number of nitrogens with zero attached hydrogens (tertiary/aromatic N) is 3. The molecule has 0 spiro atoms. The number of carbonyl (C=O) groups is 5. The highest BCUT2D eigenvalue weighted by Crippen LogP contribution is 2.38. The molecule has 17 heteroatoms. The van der Waals surface area contributed by atoms with Gasteiger partial charge < -0.3 is 54.8 Å². The molecular formula is C51H61N7O10. The van der Waals surface area contributed by atoms with E-state index in [0.29, 0.717) is 34.9 Å². The molecule has 0 saturated carbocycles. The third kappa shape index (κ3) is 13.8. The number of alkyl carbamates (subject to hydrolysis) is 1. The van der Waals surface area contributed by atoms with Gasteiger partial charge in [0.05, 0.1) is 51.9 Å².